The predicted molar refractivity (Wildman–Crippen MR) is 173 cm³/mol. The molecule has 0 spiro atoms. The summed E-state index contributed by atoms with van der Waals surface area (Å²) in [5.74, 6) is -1.54. The number of allylic oxidation sites excluding steroid dienone is 4. The zero-order valence-corrected chi connectivity index (χ0v) is 25.2. The standard InChI is InChI=1S/C39H48F2/c1-3-5-6-7-8-9-10-11-12-16-28-39(27-4-2)29-25-34(26-30-39)36-24-23-35(37(40)38(36)41)33-21-19-32(20-22-33)31-17-14-13-15-18-31/h13-15,17-26,29H,3-12,16,27-28,30H2,1-2H3. The van der Waals surface area contributed by atoms with Crippen LogP contribution < -0.4 is 0 Å². The first-order valence-corrected chi connectivity index (χ1v) is 16.1. The van der Waals surface area contributed by atoms with Crippen LogP contribution in [-0.4, -0.2) is 0 Å². The summed E-state index contributed by atoms with van der Waals surface area (Å²) in [6, 6.07) is 21.2. The zero-order chi connectivity index (χ0) is 28.9. The first-order chi connectivity index (χ1) is 20.1. The Hall–Kier alpha value is -3.00. The van der Waals surface area contributed by atoms with E-state index in [1.54, 1.807) is 12.1 Å². The predicted octanol–water partition coefficient (Wildman–Crippen LogP) is 12.7. The molecule has 0 aromatic heterocycles. The molecule has 1 atom stereocenters. The molecule has 0 saturated heterocycles. The first-order valence-electron chi connectivity index (χ1n) is 16.1. The van der Waals surface area contributed by atoms with Gasteiger partial charge >= 0.3 is 0 Å². The van der Waals surface area contributed by atoms with Crippen LogP contribution in [0.3, 0.4) is 0 Å². The van der Waals surface area contributed by atoms with Crippen LogP contribution in [0.4, 0.5) is 8.78 Å². The minimum absolute atomic E-state index is 0.147. The lowest BCUT2D eigenvalue weighted by atomic mass is 9.72. The highest BCUT2D eigenvalue weighted by Crippen LogP contribution is 2.42. The number of hydrogen-bond donors (Lipinski definition) is 0. The number of rotatable bonds is 16. The maximum absolute atomic E-state index is 15.4. The lowest BCUT2D eigenvalue weighted by molar-refractivity contribution is 0.306. The molecule has 3 aromatic carbocycles. The molecule has 2 heteroatoms. The van der Waals surface area contributed by atoms with E-state index in [9.17, 15) is 0 Å². The van der Waals surface area contributed by atoms with Gasteiger partial charge in [-0.05, 0) is 46.9 Å². The van der Waals surface area contributed by atoms with E-state index in [1.165, 1.54) is 70.6 Å². The average molecular weight is 555 g/mol. The highest BCUT2D eigenvalue weighted by atomic mass is 19.2. The first kappa shape index (κ1) is 30.9. The molecule has 0 amide bonds. The highest BCUT2D eigenvalue weighted by Gasteiger charge is 2.28. The Kier molecular flexibility index (Phi) is 12.0. The topological polar surface area (TPSA) is 0 Å². The van der Waals surface area contributed by atoms with E-state index in [1.807, 2.05) is 60.7 Å². The van der Waals surface area contributed by atoms with Crippen LogP contribution in [0.5, 0.6) is 0 Å². The molecule has 0 fully saturated rings. The lowest BCUT2D eigenvalue weighted by Gasteiger charge is -2.32. The fraction of sp³-hybridized carbons (Fsp3) is 0.436. The van der Waals surface area contributed by atoms with E-state index in [0.29, 0.717) is 16.7 Å². The molecule has 0 heterocycles. The van der Waals surface area contributed by atoms with Gasteiger partial charge in [0.2, 0.25) is 0 Å². The maximum atomic E-state index is 15.4. The van der Waals surface area contributed by atoms with Crippen molar-refractivity contribution in [3.05, 3.63) is 102 Å². The van der Waals surface area contributed by atoms with E-state index >= 15 is 8.78 Å². The van der Waals surface area contributed by atoms with Crippen LogP contribution in [-0.2, 0) is 0 Å². The molecule has 3 aromatic rings. The van der Waals surface area contributed by atoms with Crippen molar-refractivity contribution in [1.29, 1.82) is 0 Å². The van der Waals surface area contributed by atoms with Crippen molar-refractivity contribution >= 4 is 5.57 Å². The Morgan fingerprint density at radius 2 is 1.12 bits per heavy atom. The monoisotopic (exact) mass is 554 g/mol. The van der Waals surface area contributed by atoms with Gasteiger partial charge < -0.3 is 0 Å². The molecule has 0 bridgehead atoms. The minimum Gasteiger partial charge on any atom is -0.203 e. The van der Waals surface area contributed by atoms with Gasteiger partial charge in [0, 0.05) is 11.1 Å². The second-order valence-electron chi connectivity index (χ2n) is 12.0. The largest absolute Gasteiger partial charge is 0.203 e. The molecular formula is C39H48F2. The van der Waals surface area contributed by atoms with Crippen LogP contribution in [0.25, 0.3) is 27.8 Å². The maximum Gasteiger partial charge on any atom is 0.167 e. The summed E-state index contributed by atoms with van der Waals surface area (Å²) in [6.45, 7) is 4.51. The number of benzene rings is 3. The van der Waals surface area contributed by atoms with Gasteiger partial charge in [-0.2, -0.15) is 0 Å². The van der Waals surface area contributed by atoms with Gasteiger partial charge in [0.25, 0.3) is 0 Å². The van der Waals surface area contributed by atoms with Crippen molar-refractivity contribution in [3.8, 4) is 22.3 Å². The molecule has 0 radical (unpaired) electrons. The fourth-order valence-electron chi connectivity index (χ4n) is 6.34. The fourth-order valence-corrected chi connectivity index (χ4v) is 6.34. The Morgan fingerprint density at radius 1 is 0.561 bits per heavy atom. The van der Waals surface area contributed by atoms with Crippen molar-refractivity contribution < 1.29 is 8.78 Å². The van der Waals surface area contributed by atoms with Crippen LogP contribution in [0.2, 0.25) is 0 Å². The minimum atomic E-state index is -0.778. The van der Waals surface area contributed by atoms with Gasteiger partial charge in [0.1, 0.15) is 0 Å². The van der Waals surface area contributed by atoms with Gasteiger partial charge in [-0.15, -0.1) is 0 Å². The third-order valence-corrected chi connectivity index (χ3v) is 8.82. The van der Waals surface area contributed by atoms with Crippen molar-refractivity contribution in [2.45, 2.75) is 104 Å². The third kappa shape index (κ3) is 8.51. The molecule has 0 saturated carbocycles. The zero-order valence-electron chi connectivity index (χ0n) is 25.2. The van der Waals surface area contributed by atoms with Gasteiger partial charge in [-0.3, -0.25) is 0 Å². The van der Waals surface area contributed by atoms with E-state index in [0.717, 1.165) is 36.0 Å². The number of halogens is 2. The van der Waals surface area contributed by atoms with Gasteiger partial charge in [0.05, 0.1) is 0 Å². The Morgan fingerprint density at radius 3 is 1.73 bits per heavy atom. The van der Waals surface area contributed by atoms with Gasteiger partial charge in [-0.25, -0.2) is 8.78 Å². The molecule has 41 heavy (non-hydrogen) atoms. The Balaban J connectivity index is 1.34. The van der Waals surface area contributed by atoms with Gasteiger partial charge in [-0.1, -0.05) is 169 Å². The molecule has 0 aliphatic heterocycles. The van der Waals surface area contributed by atoms with Crippen LogP contribution >= 0.6 is 0 Å². The van der Waals surface area contributed by atoms with Gasteiger partial charge in [0.15, 0.2) is 11.6 Å². The van der Waals surface area contributed by atoms with Crippen LogP contribution in [0.1, 0.15) is 109 Å². The highest BCUT2D eigenvalue weighted by molar-refractivity contribution is 5.78. The van der Waals surface area contributed by atoms with Crippen molar-refractivity contribution in [2.75, 3.05) is 0 Å². The second kappa shape index (κ2) is 15.9. The smallest absolute Gasteiger partial charge is 0.167 e. The molecule has 1 unspecified atom stereocenters. The summed E-state index contributed by atoms with van der Waals surface area (Å²) in [5, 5.41) is 0. The molecule has 1 aliphatic rings. The third-order valence-electron chi connectivity index (χ3n) is 8.82. The van der Waals surface area contributed by atoms with Crippen molar-refractivity contribution in [1.82, 2.24) is 0 Å². The average Bonchev–Trinajstić information content (AvgIpc) is 3.01. The SMILES string of the molecule is CCCCCCCCCCCCC1(CCC)C=CC(c2ccc(-c3ccc(-c4ccccc4)cc3)c(F)c2F)=CC1. The summed E-state index contributed by atoms with van der Waals surface area (Å²) < 4.78 is 30.7. The van der Waals surface area contributed by atoms with E-state index in [-0.39, 0.29) is 5.41 Å². The molecular weight excluding hydrogens is 506 g/mol. The normalized spacial score (nSPS) is 16.6. The summed E-state index contributed by atoms with van der Waals surface area (Å²) in [5.41, 5.74) is 4.43. The van der Waals surface area contributed by atoms with Crippen LogP contribution in [0, 0.1) is 17.0 Å². The molecule has 0 nitrogen and oxygen atoms in total. The summed E-state index contributed by atoms with van der Waals surface area (Å²) >= 11 is 0. The van der Waals surface area contributed by atoms with E-state index in [4.69, 9.17) is 0 Å². The van der Waals surface area contributed by atoms with E-state index < -0.39 is 11.6 Å². The van der Waals surface area contributed by atoms with Crippen molar-refractivity contribution in [3.63, 3.8) is 0 Å². The molecule has 0 N–H and O–H groups in total. The second-order valence-corrected chi connectivity index (χ2v) is 12.0. The molecule has 1 aliphatic carbocycles. The van der Waals surface area contributed by atoms with E-state index in [2.05, 4.69) is 26.0 Å². The number of hydrogen-bond acceptors (Lipinski definition) is 0. The summed E-state index contributed by atoms with van der Waals surface area (Å²) in [6.07, 6.45) is 24.3. The number of unbranched alkanes of at least 4 members (excludes halogenated alkanes) is 9. The summed E-state index contributed by atoms with van der Waals surface area (Å²) in [7, 11) is 0. The molecule has 4 rings (SSSR count). The van der Waals surface area contributed by atoms with Crippen molar-refractivity contribution in [2.24, 2.45) is 5.41 Å². The Labute approximate surface area is 247 Å². The Bertz CT molecular complexity index is 1270. The quantitative estimate of drug-likeness (QED) is 0.154. The van der Waals surface area contributed by atoms with Crippen LogP contribution in [0.15, 0.2) is 85.0 Å². The lowest BCUT2D eigenvalue weighted by Crippen LogP contribution is -2.19. The summed E-state index contributed by atoms with van der Waals surface area (Å²) in [4.78, 5) is 0. The molecule has 218 valence electrons.